The molecular formula is C33H34Cl2F3N5O5S. The van der Waals surface area contributed by atoms with Crippen molar-refractivity contribution in [2.45, 2.75) is 54.9 Å². The molecule has 262 valence electrons. The van der Waals surface area contributed by atoms with Crippen molar-refractivity contribution in [3.63, 3.8) is 0 Å². The summed E-state index contributed by atoms with van der Waals surface area (Å²) < 4.78 is 87.0. The molecule has 1 aliphatic carbocycles. The molecule has 49 heavy (non-hydrogen) atoms. The Morgan fingerprint density at radius 2 is 1.76 bits per heavy atom. The SMILES string of the molecule is COc1ccc(CN(c2ccncn2)S(=O)(=O)c2ccc(O[C@H]3CC[C@H](c4ccc(Cl)c(C(F)(F)F)c4)C[C@@H]3N(C)C)nc2Cl)c(OC)c1. The molecule has 0 amide bonds. The molecule has 0 aliphatic heterocycles. The fraction of sp³-hybridized carbons (Fsp3) is 0.364. The number of alkyl halides is 3. The Labute approximate surface area is 292 Å². The van der Waals surface area contributed by atoms with Crippen LogP contribution in [0.5, 0.6) is 17.4 Å². The number of aromatic nitrogens is 3. The summed E-state index contributed by atoms with van der Waals surface area (Å²) in [5.74, 6) is 0.981. The molecule has 1 fully saturated rings. The maximum Gasteiger partial charge on any atom is 0.417 e. The number of benzene rings is 2. The van der Waals surface area contributed by atoms with Gasteiger partial charge in [-0.25, -0.2) is 27.7 Å². The van der Waals surface area contributed by atoms with Crippen molar-refractivity contribution in [3.05, 3.63) is 94.0 Å². The molecule has 2 aromatic heterocycles. The predicted octanol–water partition coefficient (Wildman–Crippen LogP) is 7.26. The van der Waals surface area contributed by atoms with E-state index in [0.29, 0.717) is 41.9 Å². The minimum absolute atomic E-state index is 0.0953. The van der Waals surface area contributed by atoms with E-state index in [1.165, 1.54) is 51.0 Å². The highest BCUT2D eigenvalue weighted by atomic mass is 35.5. The van der Waals surface area contributed by atoms with Crippen LogP contribution >= 0.6 is 23.2 Å². The van der Waals surface area contributed by atoms with Crippen molar-refractivity contribution in [2.24, 2.45) is 0 Å². The monoisotopic (exact) mass is 739 g/mol. The summed E-state index contributed by atoms with van der Waals surface area (Å²) in [4.78, 5) is 14.0. The fourth-order valence-electron chi connectivity index (χ4n) is 5.91. The third-order valence-corrected chi connectivity index (χ3v) is 11.0. The van der Waals surface area contributed by atoms with Crippen molar-refractivity contribution in [1.82, 2.24) is 19.9 Å². The number of pyridine rings is 1. The van der Waals surface area contributed by atoms with E-state index in [2.05, 4.69) is 15.0 Å². The minimum atomic E-state index is -4.56. The second-order valence-corrected chi connectivity index (χ2v) is 14.2. The number of ether oxygens (including phenoxy) is 3. The number of likely N-dealkylation sites (N-methyl/N-ethyl adjacent to an activating group) is 1. The smallest absolute Gasteiger partial charge is 0.417 e. The van der Waals surface area contributed by atoms with E-state index in [0.717, 1.165) is 10.4 Å². The molecule has 16 heteroatoms. The highest BCUT2D eigenvalue weighted by Crippen LogP contribution is 2.41. The number of nitrogens with zero attached hydrogens (tertiary/aromatic N) is 5. The Balaban J connectivity index is 1.38. The van der Waals surface area contributed by atoms with Crippen LogP contribution in [0.25, 0.3) is 0 Å². The number of rotatable bonds is 11. The summed E-state index contributed by atoms with van der Waals surface area (Å²) >= 11 is 12.4. The van der Waals surface area contributed by atoms with Crippen LogP contribution in [-0.4, -0.2) is 68.7 Å². The Morgan fingerprint density at radius 1 is 0.980 bits per heavy atom. The number of hydrogen-bond acceptors (Lipinski definition) is 9. The van der Waals surface area contributed by atoms with E-state index in [4.69, 9.17) is 37.4 Å². The fourth-order valence-corrected chi connectivity index (χ4v) is 7.97. The number of methoxy groups -OCH3 is 2. The van der Waals surface area contributed by atoms with E-state index in [1.807, 2.05) is 19.0 Å². The molecule has 4 aromatic rings. The lowest BCUT2D eigenvalue weighted by molar-refractivity contribution is -0.137. The lowest BCUT2D eigenvalue weighted by atomic mass is 9.79. The second-order valence-electron chi connectivity index (χ2n) is 11.6. The van der Waals surface area contributed by atoms with E-state index in [1.54, 1.807) is 24.3 Å². The molecule has 0 unspecified atom stereocenters. The quantitative estimate of drug-likeness (QED) is 0.147. The van der Waals surface area contributed by atoms with Crippen molar-refractivity contribution in [2.75, 3.05) is 32.6 Å². The summed E-state index contributed by atoms with van der Waals surface area (Å²) in [6, 6.07) is 13.1. The highest BCUT2D eigenvalue weighted by Gasteiger charge is 2.38. The summed E-state index contributed by atoms with van der Waals surface area (Å²) in [5.41, 5.74) is 0.230. The van der Waals surface area contributed by atoms with Gasteiger partial charge >= 0.3 is 6.18 Å². The highest BCUT2D eigenvalue weighted by molar-refractivity contribution is 7.92. The van der Waals surface area contributed by atoms with Gasteiger partial charge in [0.05, 0.1) is 31.4 Å². The van der Waals surface area contributed by atoms with Crippen LogP contribution in [0.4, 0.5) is 19.0 Å². The molecule has 2 aromatic carbocycles. The van der Waals surface area contributed by atoms with E-state index in [9.17, 15) is 21.6 Å². The van der Waals surface area contributed by atoms with Crippen molar-refractivity contribution >= 4 is 39.0 Å². The van der Waals surface area contributed by atoms with Gasteiger partial charge in [-0.15, -0.1) is 0 Å². The van der Waals surface area contributed by atoms with Crippen LogP contribution in [0.3, 0.4) is 0 Å². The maximum atomic E-state index is 14.2. The molecule has 1 aliphatic rings. The first-order chi connectivity index (χ1) is 23.2. The lowest BCUT2D eigenvalue weighted by Gasteiger charge is -2.39. The lowest BCUT2D eigenvalue weighted by Crippen LogP contribution is -2.46. The third kappa shape index (κ3) is 8.14. The van der Waals surface area contributed by atoms with Gasteiger partial charge in [0.1, 0.15) is 34.6 Å². The zero-order valence-corrected chi connectivity index (χ0v) is 29.3. The van der Waals surface area contributed by atoms with Crippen LogP contribution in [0.15, 0.2) is 72.0 Å². The zero-order valence-electron chi connectivity index (χ0n) is 27.0. The molecule has 10 nitrogen and oxygen atoms in total. The molecule has 3 atom stereocenters. The summed E-state index contributed by atoms with van der Waals surface area (Å²) in [7, 11) is 2.36. The Kier molecular flexibility index (Phi) is 11.1. The van der Waals surface area contributed by atoms with Gasteiger partial charge in [-0.3, -0.25) is 0 Å². The van der Waals surface area contributed by atoms with Crippen LogP contribution in [0.2, 0.25) is 10.2 Å². The first-order valence-electron chi connectivity index (χ1n) is 15.1. The van der Waals surface area contributed by atoms with E-state index >= 15 is 0 Å². The normalized spacial score (nSPS) is 18.3. The van der Waals surface area contributed by atoms with Gasteiger partial charge in [-0.05, 0) is 75.2 Å². The van der Waals surface area contributed by atoms with Gasteiger partial charge in [-0.2, -0.15) is 13.2 Å². The summed E-state index contributed by atoms with van der Waals surface area (Å²) in [6.45, 7) is -0.160. The van der Waals surface area contributed by atoms with Gasteiger partial charge in [0.2, 0.25) is 5.88 Å². The van der Waals surface area contributed by atoms with Gasteiger partial charge in [-0.1, -0.05) is 29.3 Å². The molecule has 1 saturated carbocycles. The number of halogens is 5. The topological polar surface area (TPSA) is 107 Å². The molecule has 0 bridgehead atoms. The van der Waals surface area contributed by atoms with Crippen molar-refractivity contribution in [1.29, 1.82) is 0 Å². The Morgan fingerprint density at radius 3 is 2.39 bits per heavy atom. The molecule has 5 rings (SSSR count). The zero-order chi connectivity index (χ0) is 35.5. The third-order valence-electron chi connectivity index (χ3n) is 8.44. The molecular weight excluding hydrogens is 706 g/mol. The van der Waals surface area contributed by atoms with E-state index in [-0.39, 0.29) is 45.3 Å². The Bertz CT molecular complexity index is 1890. The predicted molar refractivity (Wildman–Crippen MR) is 179 cm³/mol. The van der Waals surface area contributed by atoms with E-state index < -0.39 is 27.9 Å². The van der Waals surface area contributed by atoms with Gasteiger partial charge in [0.15, 0.2) is 5.15 Å². The molecule has 0 N–H and O–H groups in total. The molecule has 0 radical (unpaired) electrons. The van der Waals surface area contributed by atoms with Crippen molar-refractivity contribution < 1.29 is 35.8 Å². The molecule has 0 spiro atoms. The molecule has 0 saturated heterocycles. The van der Waals surface area contributed by atoms with Crippen molar-refractivity contribution in [3.8, 4) is 17.4 Å². The van der Waals surface area contributed by atoms with Crippen LogP contribution in [-0.2, 0) is 22.7 Å². The van der Waals surface area contributed by atoms with Crippen LogP contribution in [0.1, 0.15) is 41.9 Å². The van der Waals surface area contributed by atoms with Crippen LogP contribution in [0, 0.1) is 0 Å². The summed E-state index contributed by atoms with van der Waals surface area (Å²) in [6.07, 6.45) is -0.735. The minimum Gasteiger partial charge on any atom is -0.497 e. The second kappa shape index (κ2) is 15.0. The number of hydrogen-bond donors (Lipinski definition) is 0. The number of sulfonamides is 1. The standard InChI is InChI=1S/C33H34Cl2F3N5O5S/c1-42(2)26-16-21(20-6-9-25(34)24(15-20)33(36,37)38)7-10-27(26)48-31-12-11-29(32(35)41-31)49(44,45)43(30-13-14-39-19-40-30)18-22-5-8-23(46-3)17-28(22)47-4/h5-6,8-9,11-15,17,19,21,26-27H,7,10,16,18H2,1-4H3/t21-,26-,27-/m0/s1. The van der Waals surface area contributed by atoms with Gasteiger partial charge in [0.25, 0.3) is 10.0 Å². The van der Waals surface area contributed by atoms with Crippen LogP contribution < -0.4 is 18.5 Å². The Hall–Kier alpha value is -3.85. The number of anilines is 1. The first kappa shape index (κ1) is 36.4. The van der Waals surface area contributed by atoms with Gasteiger partial charge in [0, 0.05) is 36.0 Å². The first-order valence-corrected chi connectivity index (χ1v) is 17.3. The summed E-state index contributed by atoms with van der Waals surface area (Å²) in [5, 5.41) is -0.652. The largest absolute Gasteiger partial charge is 0.497 e. The van der Waals surface area contributed by atoms with Gasteiger partial charge < -0.3 is 19.1 Å². The maximum absolute atomic E-state index is 14.2. The molecule has 2 heterocycles. The average molecular weight is 741 g/mol. The average Bonchev–Trinajstić information content (AvgIpc) is 3.07.